The van der Waals surface area contributed by atoms with Gasteiger partial charge in [0.2, 0.25) is 11.8 Å². The standard InChI is InChI=1S/C12H17N3O3/c16-10-5-13-12(18)15(10)9-6-14(7-9)11(17)8-3-1-2-4-8/h8-9H,1-7H2,(H,13,18). The third-order valence-electron chi connectivity index (χ3n) is 4.12. The van der Waals surface area contributed by atoms with Crippen LogP contribution < -0.4 is 5.32 Å². The van der Waals surface area contributed by atoms with Crippen LogP contribution in [-0.2, 0) is 9.59 Å². The first-order chi connectivity index (χ1) is 8.66. The molecule has 1 aliphatic carbocycles. The Labute approximate surface area is 105 Å². The molecule has 0 aromatic carbocycles. The lowest BCUT2D eigenvalue weighted by Gasteiger charge is -2.43. The quantitative estimate of drug-likeness (QED) is 0.699. The van der Waals surface area contributed by atoms with Gasteiger partial charge in [0.1, 0.15) is 0 Å². The van der Waals surface area contributed by atoms with Crippen LogP contribution in [0.15, 0.2) is 0 Å². The molecule has 1 N–H and O–H groups in total. The van der Waals surface area contributed by atoms with Crippen molar-refractivity contribution in [3.05, 3.63) is 0 Å². The first-order valence-electron chi connectivity index (χ1n) is 6.55. The first-order valence-corrected chi connectivity index (χ1v) is 6.55. The summed E-state index contributed by atoms with van der Waals surface area (Å²) in [5.74, 6) is 0.197. The number of hydrogen-bond donors (Lipinski definition) is 1. The zero-order valence-corrected chi connectivity index (χ0v) is 10.2. The molecular formula is C12H17N3O3. The highest BCUT2D eigenvalue weighted by molar-refractivity contribution is 6.02. The van der Waals surface area contributed by atoms with E-state index in [1.807, 2.05) is 0 Å². The van der Waals surface area contributed by atoms with Crippen LogP contribution in [0.2, 0.25) is 0 Å². The largest absolute Gasteiger partial charge is 0.338 e. The summed E-state index contributed by atoms with van der Waals surface area (Å²) >= 11 is 0. The van der Waals surface area contributed by atoms with Crippen molar-refractivity contribution in [2.24, 2.45) is 5.92 Å². The number of rotatable bonds is 2. The molecule has 6 heteroatoms. The van der Waals surface area contributed by atoms with E-state index < -0.39 is 0 Å². The molecule has 3 aliphatic rings. The first kappa shape index (κ1) is 11.5. The van der Waals surface area contributed by atoms with Gasteiger partial charge in [0.25, 0.3) is 0 Å². The Hall–Kier alpha value is -1.59. The molecule has 4 amide bonds. The van der Waals surface area contributed by atoms with E-state index in [0.29, 0.717) is 13.1 Å². The second-order valence-electron chi connectivity index (χ2n) is 5.30. The minimum Gasteiger partial charge on any atom is -0.338 e. The zero-order valence-electron chi connectivity index (χ0n) is 10.2. The number of likely N-dealkylation sites (tertiary alicyclic amines) is 1. The molecule has 0 radical (unpaired) electrons. The van der Waals surface area contributed by atoms with E-state index in [1.165, 1.54) is 4.90 Å². The van der Waals surface area contributed by atoms with Gasteiger partial charge in [-0.15, -0.1) is 0 Å². The summed E-state index contributed by atoms with van der Waals surface area (Å²) in [6.07, 6.45) is 4.26. The Balaban J connectivity index is 1.55. The molecule has 0 bridgehead atoms. The molecule has 2 aliphatic heterocycles. The topological polar surface area (TPSA) is 69.7 Å². The van der Waals surface area contributed by atoms with Crippen LogP contribution in [0.4, 0.5) is 4.79 Å². The summed E-state index contributed by atoms with van der Waals surface area (Å²) in [5.41, 5.74) is 0. The van der Waals surface area contributed by atoms with Crippen molar-refractivity contribution in [2.45, 2.75) is 31.7 Å². The smallest absolute Gasteiger partial charge is 0.324 e. The monoisotopic (exact) mass is 251 g/mol. The van der Waals surface area contributed by atoms with Crippen LogP contribution in [0.5, 0.6) is 0 Å². The molecule has 1 saturated carbocycles. The third-order valence-corrected chi connectivity index (χ3v) is 4.12. The number of amides is 4. The minimum absolute atomic E-state index is 0.0892. The lowest BCUT2D eigenvalue weighted by Crippen LogP contribution is -2.63. The van der Waals surface area contributed by atoms with Gasteiger partial charge in [0.15, 0.2) is 0 Å². The van der Waals surface area contributed by atoms with E-state index in [1.54, 1.807) is 4.90 Å². The molecule has 0 aromatic rings. The van der Waals surface area contributed by atoms with Gasteiger partial charge < -0.3 is 10.2 Å². The number of carbonyl (C=O) groups excluding carboxylic acids is 3. The van der Waals surface area contributed by atoms with Gasteiger partial charge in [-0.2, -0.15) is 0 Å². The molecule has 2 saturated heterocycles. The predicted octanol–water partition coefficient (Wildman–Crippen LogP) is -0.0608. The molecule has 0 aromatic heterocycles. The van der Waals surface area contributed by atoms with Crippen LogP contribution >= 0.6 is 0 Å². The number of urea groups is 1. The average molecular weight is 251 g/mol. The van der Waals surface area contributed by atoms with Crippen molar-refractivity contribution in [1.82, 2.24) is 15.1 Å². The number of nitrogens with zero attached hydrogens (tertiary/aromatic N) is 2. The van der Waals surface area contributed by atoms with Gasteiger partial charge in [-0.25, -0.2) is 4.79 Å². The van der Waals surface area contributed by atoms with E-state index in [4.69, 9.17) is 0 Å². The van der Waals surface area contributed by atoms with Gasteiger partial charge in [-0.1, -0.05) is 12.8 Å². The second-order valence-corrected chi connectivity index (χ2v) is 5.30. The Morgan fingerprint density at radius 1 is 1.17 bits per heavy atom. The summed E-state index contributed by atoms with van der Waals surface area (Å²) < 4.78 is 0. The molecule has 0 atom stereocenters. The maximum Gasteiger partial charge on any atom is 0.324 e. The summed E-state index contributed by atoms with van der Waals surface area (Å²) in [6.45, 7) is 1.11. The summed E-state index contributed by atoms with van der Waals surface area (Å²) in [6, 6.07) is -0.441. The van der Waals surface area contributed by atoms with Gasteiger partial charge in [-0.05, 0) is 12.8 Å². The van der Waals surface area contributed by atoms with Crippen molar-refractivity contribution in [2.75, 3.05) is 19.6 Å². The Bertz CT molecular complexity index is 381. The Morgan fingerprint density at radius 2 is 1.83 bits per heavy atom. The number of carbonyl (C=O) groups is 3. The SMILES string of the molecule is O=C(C1CCCC1)N1CC(N2C(=O)CNC2=O)C1. The van der Waals surface area contributed by atoms with Crippen molar-refractivity contribution < 1.29 is 14.4 Å². The molecule has 18 heavy (non-hydrogen) atoms. The molecule has 3 rings (SSSR count). The summed E-state index contributed by atoms with van der Waals surface area (Å²) in [5, 5.41) is 2.50. The molecule has 6 nitrogen and oxygen atoms in total. The van der Waals surface area contributed by atoms with Gasteiger partial charge >= 0.3 is 6.03 Å². The van der Waals surface area contributed by atoms with E-state index in [9.17, 15) is 14.4 Å². The number of hydrogen-bond acceptors (Lipinski definition) is 3. The maximum atomic E-state index is 12.1. The van der Waals surface area contributed by atoms with Gasteiger partial charge in [0.05, 0.1) is 12.6 Å². The molecule has 2 heterocycles. The van der Waals surface area contributed by atoms with Crippen LogP contribution in [0.3, 0.4) is 0 Å². The van der Waals surface area contributed by atoms with E-state index in [0.717, 1.165) is 25.7 Å². The van der Waals surface area contributed by atoms with Crippen LogP contribution in [0.1, 0.15) is 25.7 Å². The lowest BCUT2D eigenvalue weighted by molar-refractivity contribution is -0.145. The highest BCUT2D eigenvalue weighted by atomic mass is 16.2. The molecule has 0 unspecified atom stereocenters. The highest BCUT2D eigenvalue weighted by Gasteiger charge is 2.44. The van der Waals surface area contributed by atoms with Crippen LogP contribution in [0.25, 0.3) is 0 Å². The Kier molecular flexibility index (Phi) is 2.72. The molecular weight excluding hydrogens is 234 g/mol. The number of nitrogens with one attached hydrogen (secondary N) is 1. The summed E-state index contributed by atoms with van der Waals surface area (Å²) in [7, 11) is 0. The van der Waals surface area contributed by atoms with Gasteiger partial charge in [0, 0.05) is 19.0 Å². The lowest BCUT2D eigenvalue weighted by atomic mass is 10.0. The van der Waals surface area contributed by atoms with E-state index >= 15 is 0 Å². The van der Waals surface area contributed by atoms with Gasteiger partial charge in [-0.3, -0.25) is 14.5 Å². The van der Waals surface area contributed by atoms with Crippen molar-refractivity contribution in [3.63, 3.8) is 0 Å². The molecule has 0 spiro atoms. The second kappa shape index (κ2) is 4.26. The third kappa shape index (κ3) is 1.76. The zero-order chi connectivity index (χ0) is 12.7. The predicted molar refractivity (Wildman–Crippen MR) is 62.6 cm³/mol. The minimum atomic E-state index is -0.321. The fraction of sp³-hybridized carbons (Fsp3) is 0.750. The fourth-order valence-electron chi connectivity index (χ4n) is 3.03. The van der Waals surface area contributed by atoms with E-state index in [2.05, 4.69) is 5.32 Å². The van der Waals surface area contributed by atoms with E-state index in [-0.39, 0.29) is 36.3 Å². The van der Waals surface area contributed by atoms with Crippen molar-refractivity contribution in [1.29, 1.82) is 0 Å². The fourth-order valence-corrected chi connectivity index (χ4v) is 3.03. The average Bonchev–Trinajstić information content (AvgIpc) is 2.90. The van der Waals surface area contributed by atoms with Crippen LogP contribution in [-0.4, -0.2) is 53.3 Å². The summed E-state index contributed by atoms with van der Waals surface area (Å²) in [4.78, 5) is 38.0. The van der Waals surface area contributed by atoms with Crippen molar-refractivity contribution >= 4 is 17.8 Å². The normalized spacial score (nSPS) is 25.6. The highest BCUT2D eigenvalue weighted by Crippen LogP contribution is 2.29. The molecule has 3 fully saturated rings. The Morgan fingerprint density at radius 3 is 2.39 bits per heavy atom. The van der Waals surface area contributed by atoms with Crippen molar-refractivity contribution in [3.8, 4) is 0 Å². The number of imide groups is 1. The van der Waals surface area contributed by atoms with Crippen LogP contribution in [0, 0.1) is 5.92 Å². The maximum absolute atomic E-state index is 12.1. The molecule has 98 valence electrons.